The highest BCUT2D eigenvalue weighted by Gasteiger charge is 2.22. The fourth-order valence-electron chi connectivity index (χ4n) is 3.83. The van der Waals surface area contributed by atoms with Crippen LogP contribution in [-0.4, -0.2) is 52.0 Å². The number of ether oxygens (including phenoxy) is 2. The fraction of sp³-hybridized carbons (Fsp3) is 0.348. The normalized spacial score (nSPS) is 20.7. The van der Waals surface area contributed by atoms with Gasteiger partial charge in [0.2, 0.25) is 12.7 Å². The topological polar surface area (TPSA) is 56.4 Å². The van der Waals surface area contributed by atoms with Crippen LogP contribution in [0, 0.1) is 0 Å². The van der Waals surface area contributed by atoms with Crippen molar-refractivity contribution in [3.63, 3.8) is 0 Å². The molecule has 29 heavy (non-hydrogen) atoms. The lowest BCUT2D eigenvalue weighted by atomic mass is 10.2. The van der Waals surface area contributed by atoms with E-state index in [4.69, 9.17) is 9.47 Å². The lowest BCUT2D eigenvalue weighted by Crippen LogP contribution is -3.28. The van der Waals surface area contributed by atoms with Crippen LogP contribution in [0.3, 0.4) is 0 Å². The van der Waals surface area contributed by atoms with Crippen molar-refractivity contribution >= 4 is 17.7 Å². The van der Waals surface area contributed by atoms with Crippen molar-refractivity contribution in [3.8, 4) is 11.5 Å². The highest BCUT2D eigenvalue weighted by Crippen LogP contribution is 2.34. The van der Waals surface area contributed by atoms with Gasteiger partial charge in [-0.05, 0) is 23.8 Å². The Morgan fingerprint density at radius 3 is 2.55 bits per heavy atom. The van der Waals surface area contributed by atoms with Crippen LogP contribution in [0.25, 0.3) is 6.08 Å². The SMILES string of the molecule is O=C(CC[NH+]1CC[NH+](C/C=C/c2ccccc2)CC1)Nc1ccc2c(c1)OCO2. The molecular formula is C23H29N3O3+2. The summed E-state index contributed by atoms with van der Waals surface area (Å²) in [7, 11) is 0. The predicted molar refractivity (Wildman–Crippen MR) is 112 cm³/mol. The number of piperazine rings is 1. The standard InChI is InChI=1S/C23H27N3O3/c27-23(24-20-8-9-21-22(17-20)29-18-28-21)10-12-26-15-13-25(14-16-26)11-4-7-19-5-2-1-3-6-19/h1-9,17H,10-16,18H2,(H,24,27)/p+2/b7-4+. The molecule has 2 aliphatic heterocycles. The molecule has 0 atom stereocenters. The third-order valence-corrected chi connectivity index (χ3v) is 5.54. The second-order valence-electron chi connectivity index (χ2n) is 7.63. The zero-order valence-corrected chi connectivity index (χ0v) is 16.7. The quantitative estimate of drug-likeness (QED) is 0.630. The van der Waals surface area contributed by atoms with Gasteiger partial charge in [0.25, 0.3) is 0 Å². The van der Waals surface area contributed by atoms with E-state index in [9.17, 15) is 4.79 Å². The number of quaternary nitrogens is 2. The minimum absolute atomic E-state index is 0.0527. The van der Waals surface area contributed by atoms with Gasteiger partial charge in [-0.1, -0.05) is 36.4 Å². The number of hydrogen-bond donors (Lipinski definition) is 3. The van der Waals surface area contributed by atoms with Crippen molar-refractivity contribution < 1.29 is 24.1 Å². The van der Waals surface area contributed by atoms with Crippen LogP contribution >= 0.6 is 0 Å². The summed E-state index contributed by atoms with van der Waals surface area (Å²) >= 11 is 0. The molecule has 0 aromatic heterocycles. The Morgan fingerprint density at radius 1 is 0.966 bits per heavy atom. The summed E-state index contributed by atoms with van der Waals surface area (Å²) < 4.78 is 10.7. The lowest BCUT2D eigenvalue weighted by Gasteiger charge is -2.29. The molecule has 0 unspecified atom stereocenters. The average Bonchev–Trinajstić information content (AvgIpc) is 3.22. The molecule has 0 radical (unpaired) electrons. The van der Waals surface area contributed by atoms with E-state index in [-0.39, 0.29) is 12.7 Å². The van der Waals surface area contributed by atoms with Crippen LogP contribution in [0.5, 0.6) is 11.5 Å². The van der Waals surface area contributed by atoms with Crippen molar-refractivity contribution in [1.82, 2.24) is 0 Å². The smallest absolute Gasteiger partial charge is 0.231 e. The first-order chi connectivity index (χ1) is 14.3. The zero-order chi connectivity index (χ0) is 19.9. The van der Waals surface area contributed by atoms with Gasteiger partial charge in [-0.2, -0.15) is 0 Å². The number of amides is 1. The van der Waals surface area contributed by atoms with Gasteiger partial charge in [-0.3, -0.25) is 4.79 Å². The number of hydrogen-bond acceptors (Lipinski definition) is 3. The monoisotopic (exact) mass is 395 g/mol. The van der Waals surface area contributed by atoms with Gasteiger partial charge in [0.1, 0.15) is 26.2 Å². The summed E-state index contributed by atoms with van der Waals surface area (Å²) in [5.41, 5.74) is 2.01. The summed E-state index contributed by atoms with van der Waals surface area (Å²) in [6.45, 7) is 6.72. The van der Waals surface area contributed by atoms with Gasteiger partial charge in [0.15, 0.2) is 11.5 Å². The van der Waals surface area contributed by atoms with Crippen LogP contribution in [0.4, 0.5) is 5.69 Å². The summed E-state index contributed by atoms with van der Waals surface area (Å²) in [4.78, 5) is 15.4. The Balaban J connectivity index is 1.14. The molecule has 2 aromatic carbocycles. The molecule has 0 saturated carbocycles. The highest BCUT2D eigenvalue weighted by atomic mass is 16.7. The third kappa shape index (κ3) is 5.59. The van der Waals surface area contributed by atoms with E-state index in [0.717, 1.165) is 50.7 Å². The van der Waals surface area contributed by atoms with Crippen molar-refractivity contribution in [2.75, 3.05) is 51.4 Å². The second kappa shape index (κ2) is 9.58. The molecule has 0 bridgehead atoms. The molecule has 2 heterocycles. The minimum atomic E-state index is 0.0527. The minimum Gasteiger partial charge on any atom is -0.454 e. The van der Waals surface area contributed by atoms with E-state index in [0.29, 0.717) is 12.2 Å². The highest BCUT2D eigenvalue weighted by molar-refractivity contribution is 5.91. The number of anilines is 1. The van der Waals surface area contributed by atoms with E-state index < -0.39 is 0 Å². The number of rotatable bonds is 7. The largest absolute Gasteiger partial charge is 0.454 e. The van der Waals surface area contributed by atoms with E-state index in [2.05, 4.69) is 41.7 Å². The maximum atomic E-state index is 12.3. The van der Waals surface area contributed by atoms with Gasteiger partial charge < -0.3 is 24.6 Å². The second-order valence-corrected chi connectivity index (χ2v) is 7.63. The van der Waals surface area contributed by atoms with Crippen LogP contribution in [0.2, 0.25) is 0 Å². The first-order valence-electron chi connectivity index (χ1n) is 10.3. The zero-order valence-electron chi connectivity index (χ0n) is 16.7. The maximum absolute atomic E-state index is 12.3. The van der Waals surface area contributed by atoms with E-state index in [1.807, 2.05) is 24.3 Å². The molecule has 1 fully saturated rings. The van der Waals surface area contributed by atoms with Gasteiger partial charge >= 0.3 is 0 Å². The van der Waals surface area contributed by atoms with Crippen molar-refractivity contribution in [2.45, 2.75) is 6.42 Å². The van der Waals surface area contributed by atoms with Gasteiger partial charge in [0.05, 0.1) is 19.5 Å². The van der Waals surface area contributed by atoms with Gasteiger partial charge in [0, 0.05) is 11.8 Å². The molecule has 4 rings (SSSR count). The van der Waals surface area contributed by atoms with E-state index >= 15 is 0 Å². The molecule has 152 valence electrons. The molecular weight excluding hydrogens is 366 g/mol. The number of benzene rings is 2. The van der Waals surface area contributed by atoms with Crippen molar-refractivity contribution in [2.24, 2.45) is 0 Å². The van der Waals surface area contributed by atoms with Crippen LogP contribution in [0.15, 0.2) is 54.6 Å². The summed E-state index contributed by atoms with van der Waals surface area (Å²) in [5, 5.41) is 2.96. The number of carbonyl (C=O) groups is 1. The number of fused-ring (bicyclic) bond motifs is 1. The predicted octanol–water partition coefficient (Wildman–Crippen LogP) is 0.241. The Bertz CT molecular complexity index is 846. The molecule has 0 spiro atoms. The van der Waals surface area contributed by atoms with Gasteiger partial charge in [-0.25, -0.2) is 0 Å². The molecule has 2 aliphatic rings. The average molecular weight is 396 g/mol. The first kappa shape index (κ1) is 19.5. The molecule has 6 heteroatoms. The van der Waals surface area contributed by atoms with Crippen LogP contribution in [0.1, 0.15) is 12.0 Å². The maximum Gasteiger partial charge on any atom is 0.231 e. The molecule has 3 N–H and O–H groups in total. The summed E-state index contributed by atoms with van der Waals surface area (Å²) in [5.74, 6) is 1.47. The Hall–Kier alpha value is -2.83. The third-order valence-electron chi connectivity index (χ3n) is 5.54. The van der Waals surface area contributed by atoms with Crippen molar-refractivity contribution in [3.05, 3.63) is 60.2 Å². The number of carbonyl (C=O) groups excluding carboxylic acids is 1. The van der Waals surface area contributed by atoms with E-state index in [1.165, 1.54) is 10.5 Å². The van der Waals surface area contributed by atoms with Crippen LogP contribution in [-0.2, 0) is 4.79 Å². The molecule has 6 nitrogen and oxygen atoms in total. The van der Waals surface area contributed by atoms with E-state index in [1.54, 1.807) is 4.90 Å². The number of nitrogens with one attached hydrogen (secondary N) is 3. The summed E-state index contributed by atoms with van der Waals surface area (Å²) in [6, 6.07) is 15.9. The Kier molecular flexibility index (Phi) is 6.44. The summed E-state index contributed by atoms with van der Waals surface area (Å²) in [6.07, 6.45) is 5.01. The Morgan fingerprint density at radius 2 is 1.72 bits per heavy atom. The Labute approximate surface area is 171 Å². The fourth-order valence-corrected chi connectivity index (χ4v) is 3.83. The first-order valence-corrected chi connectivity index (χ1v) is 10.3. The molecule has 2 aromatic rings. The van der Waals surface area contributed by atoms with Crippen LogP contribution < -0.4 is 24.6 Å². The lowest BCUT2D eigenvalue weighted by molar-refractivity contribution is -1.01. The molecule has 1 amide bonds. The van der Waals surface area contributed by atoms with Crippen molar-refractivity contribution in [1.29, 1.82) is 0 Å². The molecule has 0 aliphatic carbocycles. The molecule has 1 saturated heterocycles. The van der Waals surface area contributed by atoms with Gasteiger partial charge in [-0.15, -0.1) is 0 Å².